The number of barbiturate groups is 1. The predicted molar refractivity (Wildman–Crippen MR) is 143 cm³/mol. The number of hydrogen-bond donors (Lipinski definition) is 1. The number of rotatable bonds is 9. The normalized spacial score (nSPS) is 15.5. The second-order valence-corrected chi connectivity index (χ2v) is 9.01. The van der Waals surface area contributed by atoms with E-state index in [1.807, 2.05) is 12.1 Å². The first-order valence-electron chi connectivity index (χ1n) is 12.0. The van der Waals surface area contributed by atoms with E-state index in [0.717, 1.165) is 17.1 Å². The van der Waals surface area contributed by atoms with Crippen molar-refractivity contribution in [3.8, 4) is 11.5 Å². The van der Waals surface area contributed by atoms with Gasteiger partial charge < -0.3 is 9.47 Å². The molecule has 0 aromatic heterocycles. The van der Waals surface area contributed by atoms with Crippen LogP contribution < -0.4 is 19.7 Å². The Labute approximate surface area is 220 Å². The molecule has 1 heterocycles. The number of benzene rings is 3. The first kappa shape index (κ1) is 26.0. The number of halogens is 1. The minimum absolute atomic E-state index is 0.157. The number of hydrogen-bond acceptors (Lipinski definition) is 5. The van der Waals surface area contributed by atoms with Gasteiger partial charge in [0.2, 0.25) is 0 Å². The van der Waals surface area contributed by atoms with Gasteiger partial charge in [-0.2, -0.15) is 0 Å². The molecule has 0 unspecified atom stereocenters. The highest BCUT2D eigenvalue weighted by molar-refractivity contribution is 6.39. The highest BCUT2D eigenvalue weighted by Crippen LogP contribution is 2.24. The zero-order valence-electron chi connectivity index (χ0n) is 20.6. The molecule has 0 spiro atoms. The Morgan fingerprint density at radius 2 is 1.43 bits per heavy atom. The fourth-order valence-corrected chi connectivity index (χ4v) is 3.88. The SMILES string of the molecule is CC[C@H](C)c1ccc(OCCOc2ccc(/C=C3/C(=O)NC(=O)N(c4ccc(Cl)cc4)C3=O)cc2)cc1. The lowest BCUT2D eigenvalue weighted by atomic mass is 9.99. The van der Waals surface area contributed by atoms with Gasteiger partial charge in [-0.1, -0.05) is 49.7 Å². The van der Waals surface area contributed by atoms with E-state index in [2.05, 4.69) is 31.3 Å². The van der Waals surface area contributed by atoms with Crippen LogP contribution in [0.5, 0.6) is 11.5 Å². The van der Waals surface area contributed by atoms with Crippen LogP contribution in [0.1, 0.15) is 37.3 Å². The third kappa shape index (κ3) is 6.37. The van der Waals surface area contributed by atoms with Gasteiger partial charge in [0, 0.05) is 5.02 Å². The molecule has 0 aliphatic carbocycles. The first-order valence-corrected chi connectivity index (χ1v) is 12.4. The maximum Gasteiger partial charge on any atom is 0.335 e. The fourth-order valence-electron chi connectivity index (χ4n) is 3.76. The topological polar surface area (TPSA) is 84.9 Å². The summed E-state index contributed by atoms with van der Waals surface area (Å²) in [6.45, 7) is 5.11. The number of urea groups is 1. The Kier molecular flexibility index (Phi) is 8.25. The molecule has 1 atom stereocenters. The van der Waals surface area contributed by atoms with Crippen LogP contribution in [0.4, 0.5) is 10.5 Å². The third-order valence-corrected chi connectivity index (χ3v) is 6.31. The first-order chi connectivity index (χ1) is 17.9. The van der Waals surface area contributed by atoms with Crippen LogP contribution in [-0.2, 0) is 9.59 Å². The number of carbonyl (C=O) groups excluding carboxylic acids is 3. The minimum Gasteiger partial charge on any atom is -0.490 e. The number of carbonyl (C=O) groups is 3. The summed E-state index contributed by atoms with van der Waals surface area (Å²) < 4.78 is 11.5. The quantitative estimate of drug-likeness (QED) is 0.214. The molecule has 3 aromatic carbocycles. The van der Waals surface area contributed by atoms with Crippen molar-refractivity contribution in [2.24, 2.45) is 0 Å². The van der Waals surface area contributed by atoms with E-state index in [-0.39, 0.29) is 5.57 Å². The monoisotopic (exact) mass is 518 g/mol. The number of nitrogens with zero attached hydrogens (tertiary/aromatic N) is 1. The number of nitrogens with one attached hydrogen (secondary N) is 1. The van der Waals surface area contributed by atoms with E-state index < -0.39 is 17.8 Å². The molecule has 0 bridgehead atoms. The highest BCUT2D eigenvalue weighted by atomic mass is 35.5. The molecule has 8 heteroatoms. The Morgan fingerprint density at radius 3 is 2.00 bits per heavy atom. The lowest BCUT2D eigenvalue weighted by Crippen LogP contribution is -2.54. The van der Waals surface area contributed by atoms with Gasteiger partial charge in [-0.15, -0.1) is 0 Å². The van der Waals surface area contributed by atoms with Gasteiger partial charge in [-0.25, -0.2) is 9.69 Å². The molecule has 7 nitrogen and oxygen atoms in total. The van der Waals surface area contributed by atoms with Crippen LogP contribution in [0.25, 0.3) is 6.08 Å². The van der Waals surface area contributed by atoms with E-state index in [0.29, 0.717) is 41.2 Å². The average molecular weight is 519 g/mol. The highest BCUT2D eigenvalue weighted by Gasteiger charge is 2.36. The summed E-state index contributed by atoms with van der Waals surface area (Å²) in [5.74, 6) is 0.460. The fraction of sp³-hybridized carbons (Fsp3) is 0.207. The summed E-state index contributed by atoms with van der Waals surface area (Å²) in [6.07, 6.45) is 2.53. The molecule has 190 valence electrons. The molecule has 0 saturated carbocycles. The molecule has 3 aromatic rings. The van der Waals surface area contributed by atoms with Crippen LogP contribution in [0, 0.1) is 0 Å². The van der Waals surface area contributed by atoms with Crippen molar-refractivity contribution in [2.45, 2.75) is 26.2 Å². The Bertz CT molecular complexity index is 1300. The largest absolute Gasteiger partial charge is 0.490 e. The summed E-state index contributed by atoms with van der Waals surface area (Å²) in [6, 6.07) is 20.4. The Balaban J connectivity index is 1.34. The van der Waals surface area contributed by atoms with Crippen LogP contribution in [0.3, 0.4) is 0 Å². The molecule has 1 saturated heterocycles. The molecule has 4 rings (SSSR count). The molecular formula is C29H27ClN2O5. The van der Waals surface area contributed by atoms with Gasteiger partial charge in [-0.3, -0.25) is 14.9 Å². The van der Waals surface area contributed by atoms with Gasteiger partial charge in [0.05, 0.1) is 5.69 Å². The van der Waals surface area contributed by atoms with Crippen LogP contribution in [0.15, 0.2) is 78.4 Å². The van der Waals surface area contributed by atoms with Crippen LogP contribution >= 0.6 is 11.6 Å². The van der Waals surface area contributed by atoms with Crippen molar-refractivity contribution in [3.63, 3.8) is 0 Å². The Hall–Kier alpha value is -4.10. The number of imide groups is 2. The Morgan fingerprint density at radius 1 is 0.865 bits per heavy atom. The molecule has 1 aliphatic rings. The second kappa shape index (κ2) is 11.8. The van der Waals surface area contributed by atoms with Gasteiger partial charge in [0.25, 0.3) is 11.8 Å². The predicted octanol–water partition coefficient (Wildman–Crippen LogP) is 5.98. The van der Waals surface area contributed by atoms with Crippen molar-refractivity contribution in [2.75, 3.05) is 18.1 Å². The average Bonchev–Trinajstić information content (AvgIpc) is 2.90. The zero-order chi connectivity index (χ0) is 26.4. The van der Waals surface area contributed by atoms with Gasteiger partial charge in [0.15, 0.2) is 0 Å². The van der Waals surface area contributed by atoms with Gasteiger partial charge in [0.1, 0.15) is 30.3 Å². The van der Waals surface area contributed by atoms with E-state index in [9.17, 15) is 14.4 Å². The van der Waals surface area contributed by atoms with Gasteiger partial charge >= 0.3 is 6.03 Å². The van der Waals surface area contributed by atoms with E-state index in [1.54, 1.807) is 36.4 Å². The van der Waals surface area contributed by atoms with Crippen molar-refractivity contribution in [1.82, 2.24) is 5.32 Å². The number of ether oxygens (including phenoxy) is 2. The molecule has 0 radical (unpaired) electrons. The lowest BCUT2D eigenvalue weighted by Gasteiger charge is -2.26. The zero-order valence-corrected chi connectivity index (χ0v) is 21.3. The molecule has 4 amide bonds. The molecular weight excluding hydrogens is 492 g/mol. The smallest absolute Gasteiger partial charge is 0.335 e. The lowest BCUT2D eigenvalue weighted by molar-refractivity contribution is -0.122. The summed E-state index contributed by atoms with van der Waals surface area (Å²) in [4.78, 5) is 38.5. The van der Waals surface area contributed by atoms with Crippen molar-refractivity contribution in [1.29, 1.82) is 0 Å². The van der Waals surface area contributed by atoms with E-state index >= 15 is 0 Å². The maximum absolute atomic E-state index is 13.0. The summed E-state index contributed by atoms with van der Waals surface area (Å²) in [5, 5.41) is 2.66. The second-order valence-electron chi connectivity index (χ2n) is 8.58. The molecule has 1 aliphatic heterocycles. The van der Waals surface area contributed by atoms with Crippen molar-refractivity contribution in [3.05, 3.63) is 94.5 Å². The molecule has 37 heavy (non-hydrogen) atoms. The minimum atomic E-state index is -0.813. The standard InChI is InChI=1S/C29H27ClN2O5/c1-3-19(2)21-6-14-25(15-7-21)37-17-16-36-24-12-4-20(5-13-24)18-26-27(33)31-29(35)32(28(26)34)23-10-8-22(30)9-11-23/h4-15,18-19H,3,16-17H2,1-2H3,(H,31,33,35)/b26-18-/t19-/m0/s1. The number of amides is 4. The van der Waals surface area contributed by atoms with Crippen molar-refractivity contribution < 1.29 is 23.9 Å². The van der Waals surface area contributed by atoms with E-state index in [4.69, 9.17) is 21.1 Å². The summed E-state index contributed by atoms with van der Waals surface area (Å²) in [7, 11) is 0. The van der Waals surface area contributed by atoms with Crippen LogP contribution in [-0.4, -0.2) is 31.1 Å². The molecule has 1 fully saturated rings. The van der Waals surface area contributed by atoms with Crippen LogP contribution in [0.2, 0.25) is 5.02 Å². The molecule has 1 N–H and O–H groups in total. The third-order valence-electron chi connectivity index (χ3n) is 6.06. The van der Waals surface area contributed by atoms with Gasteiger partial charge in [-0.05, 0) is 78.1 Å². The summed E-state index contributed by atoms with van der Waals surface area (Å²) >= 11 is 5.90. The van der Waals surface area contributed by atoms with E-state index in [1.165, 1.54) is 23.8 Å². The maximum atomic E-state index is 13.0. The summed E-state index contributed by atoms with van der Waals surface area (Å²) in [5.41, 5.74) is 2.05. The van der Waals surface area contributed by atoms with Crippen molar-refractivity contribution >= 4 is 41.2 Å². The number of anilines is 1.